The number of nitrogens with zero attached hydrogens (tertiary/aromatic N) is 2. The van der Waals surface area contributed by atoms with Crippen molar-refractivity contribution in [1.29, 1.82) is 0 Å². The molecular formula is C16H33IN4OS. The zero-order valence-corrected chi connectivity index (χ0v) is 17.9. The topological polar surface area (TPSA) is 48.9 Å². The van der Waals surface area contributed by atoms with Crippen LogP contribution in [0.2, 0.25) is 0 Å². The van der Waals surface area contributed by atoms with Crippen molar-refractivity contribution in [2.45, 2.75) is 19.9 Å². The van der Waals surface area contributed by atoms with Crippen molar-refractivity contribution in [1.82, 2.24) is 15.5 Å². The first kappa shape index (κ1) is 23.0. The van der Waals surface area contributed by atoms with Crippen LogP contribution in [0.1, 0.15) is 13.8 Å². The number of ether oxygens (including phenoxy) is 1. The predicted molar refractivity (Wildman–Crippen MR) is 113 cm³/mol. The summed E-state index contributed by atoms with van der Waals surface area (Å²) < 4.78 is 5.45. The molecule has 1 rings (SSSR count). The van der Waals surface area contributed by atoms with Crippen molar-refractivity contribution in [3.63, 3.8) is 0 Å². The highest BCUT2D eigenvalue weighted by atomic mass is 127. The molecule has 1 heterocycles. The Kier molecular flexibility index (Phi) is 14.4. The fourth-order valence-electron chi connectivity index (χ4n) is 2.53. The van der Waals surface area contributed by atoms with Crippen molar-refractivity contribution < 1.29 is 4.74 Å². The first-order valence-corrected chi connectivity index (χ1v) is 9.29. The number of aliphatic imine (C=N–C) groups is 1. The highest BCUT2D eigenvalue weighted by Gasteiger charge is 2.23. The molecule has 23 heavy (non-hydrogen) atoms. The summed E-state index contributed by atoms with van der Waals surface area (Å²) in [7, 11) is 1.82. The van der Waals surface area contributed by atoms with Crippen LogP contribution in [0, 0.1) is 5.92 Å². The molecule has 0 aromatic rings. The van der Waals surface area contributed by atoms with Gasteiger partial charge in [-0.3, -0.25) is 9.89 Å². The number of halogens is 1. The summed E-state index contributed by atoms with van der Waals surface area (Å²) >= 11 is 1.87. The van der Waals surface area contributed by atoms with E-state index in [2.05, 4.69) is 41.0 Å². The first-order chi connectivity index (χ1) is 10.7. The second kappa shape index (κ2) is 14.4. The quantitative estimate of drug-likeness (QED) is 0.183. The average Bonchev–Trinajstić information content (AvgIpc) is 2.53. The molecule has 1 aliphatic rings. The maximum Gasteiger partial charge on any atom is 0.191 e. The molecule has 0 saturated carbocycles. The normalized spacial score (nSPS) is 17.5. The molecule has 1 aliphatic heterocycles. The van der Waals surface area contributed by atoms with Gasteiger partial charge in [0.2, 0.25) is 0 Å². The van der Waals surface area contributed by atoms with E-state index in [9.17, 15) is 0 Å². The van der Waals surface area contributed by atoms with Gasteiger partial charge in [-0.15, -0.1) is 30.6 Å². The van der Waals surface area contributed by atoms with E-state index in [0.717, 1.165) is 56.9 Å². The van der Waals surface area contributed by atoms with Crippen LogP contribution in [0.3, 0.4) is 0 Å². The third-order valence-electron chi connectivity index (χ3n) is 3.76. The largest absolute Gasteiger partial charge is 0.379 e. The number of morpholine rings is 1. The van der Waals surface area contributed by atoms with E-state index in [1.807, 2.05) is 24.9 Å². The number of thioether (sulfide) groups is 1. The molecule has 2 N–H and O–H groups in total. The Labute approximate surface area is 163 Å². The van der Waals surface area contributed by atoms with E-state index in [-0.39, 0.29) is 24.0 Å². The fourth-order valence-corrected chi connectivity index (χ4v) is 3.11. The lowest BCUT2D eigenvalue weighted by molar-refractivity contribution is 0.00752. The van der Waals surface area contributed by atoms with E-state index in [4.69, 9.17) is 4.74 Å². The second-order valence-electron chi connectivity index (χ2n) is 5.70. The van der Waals surface area contributed by atoms with Gasteiger partial charge in [0.1, 0.15) is 0 Å². The van der Waals surface area contributed by atoms with Gasteiger partial charge in [-0.2, -0.15) is 11.8 Å². The number of hydrogen-bond donors (Lipinski definition) is 2. The van der Waals surface area contributed by atoms with Gasteiger partial charge in [-0.1, -0.05) is 19.9 Å². The van der Waals surface area contributed by atoms with Crippen LogP contribution >= 0.6 is 35.7 Å². The SMILES string of the molecule is C=CCSCCNC(=NC)NCC(C(C)C)N1CCOCC1.I. The van der Waals surface area contributed by atoms with Crippen LogP contribution in [0.15, 0.2) is 17.6 Å². The smallest absolute Gasteiger partial charge is 0.191 e. The minimum atomic E-state index is 0. The molecular weight excluding hydrogens is 423 g/mol. The molecule has 1 unspecified atom stereocenters. The number of guanidine groups is 1. The van der Waals surface area contributed by atoms with E-state index in [1.54, 1.807) is 0 Å². The molecule has 0 amide bonds. The Hall–Kier alpha value is 0.01000. The van der Waals surface area contributed by atoms with Crippen molar-refractivity contribution in [2.75, 3.05) is 57.9 Å². The van der Waals surface area contributed by atoms with Gasteiger partial charge >= 0.3 is 0 Å². The highest BCUT2D eigenvalue weighted by molar-refractivity contribution is 14.0. The lowest BCUT2D eigenvalue weighted by Gasteiger charge is -2.37. The Balaban J connectivity index is 0.00000484. The van der Waals surface area contributed by atoms with Crippen LogP contribution in [0.25, 0.3) is 0 Å². The Morgan fingerprint density at radius 2 is 2.04 bits per heavy atom. The standard InChI is InChI=1S/C16H32N4OS.HI/c1-5-11-22-12-6-18-16(17-4)19-13-15(14(2)3)20-7-9-21-10-8-20;/h5,14-15H,1,6-13H2,2-4H3,(H2,17,18,19);1H. The molecule has 0 aromatic heterocycles. The summed E-state index contributed by atoms with van der Waals surface area (Å²) in [5, 5.41) is 6.83. The van der Waals surface area contributed by atoms with Crippen LogP contribution in [0.5, 0.6) is 0 Å². The van der Waals surface area contributed by atoms with E-state index in [0.29, 0.717) is 12.0 Å². The Morgan fingerprint density at radius 1 is 1.35 bits per heavy atom. The predicted octanol–water partition coefficient (Wildman–Crippen LogP) is 2.05. The summed E-state index contributed by atoms with van der Waals surface area (Å²) in [6, 6.07) is 0.512. The first-order valence-electron chi connectivity index (χ1n) is 8.14. The van der Waals surface area contributed by atoms with Crippen LogP contribution in [-0.2, 0) is 4.74 Å². The van der Waals surface area contributed by atoms with Gasteiger partial charge < -0.3 is 15.4 Å². The van der Waals surface area contributed by atoms with E-state index >= 15 is 0 Å². The van der Waals surface area contributed by atoms with Gasteiger partial charge in [-0.25, -0.2) is 0 Å². The van der Waals surface area contributed by atoms with E-state index in [1.165, 1.54) is 0 Å². The molecule has 0 bridgehead atoms. The van der Waals surface area contributed by atoms with Crippen molar-refractivity contribution in [3.05, 3.63) is 12.7 Å². The molecule has 1 saturated heterocycles. The maximum absolute atomic E-state index is 5.45. The fraction of sp³-hybridized carbons (Fsp3) is 0.812. The third-order valence-corrected chi connectivity index (χ3v) is 4.73. The molecule has 7 heteroatoms. The van der Waals surface area contributed by atoms with Crippen LogP contribution in [0.4, 0.5) is 0 Å². The van der Waals surface area contributed by atoms with Gasteiger partial charge in [0.15, 0.2) is 5.96 Å². The zero-order valence-electron chi connectivity index (χ0n) is 14.7. The molecule has 1 fully saturated rings. The summed E-state index contributed by atoms with van der Waals surface area (Å²) in [4.78, 5) is 6.83. The summed E-state index contributed by atoms with van der Waals surface area (Å²) in [6.07, 6.45) is 1.94. The van der Waals surface area contributed by atoms with Crippen LogP contribution in [-0.4, -0.2) is 74.8 Å². The van der Waals surface area contributed by atoms with E-state index < -0.39 is 0 Å². The monoisotopic (exact) mass is 456 g/mol. The number of hydrogen-bond acceptors (Lipinski definition) is 4. The molecule has 0 radical (unpaired) electrons. The van der Waals surface area contributed by atoms with Crippen molar-refractivity contribution in [2.24, 2.45) is 10.9 Å². The molecule has 1 atom stereocenters. The highest BCUT2D eigenvalue weighted by Crippen LogP contribution is 2.12. The number of rotatable bonds is 9. The second-order valence-corrected chi connectivity index (χ2v) is 6.85. The Morgan fingerprint density at radius 3 is 2.61 bits per heavy atom. The Bertz CT molecular complexity index is 336. The van der Waals surface area contributed by atoms with Gasteiger partial charge in [0.25, 0.3) is 0 Å². The molecule has 5 nitrogen and oxygen atoms in total. The summed E-state index contributed by atoms with van der Waals surface area (Å²) in [5.74, 6) is 3.55. The molecule has 0 aromatic carbocycles. The lowest BCUT2D eigenvalue weighted by Crippen LogP contribution is -2.52. The van der Waals surface area contributed by atoms with Gasteiger partial charge in [0.05, 0.1) is 13.2 Å². The van der Waals surface area contributed by atoms with Crippen molar-refractivity contribution >= 4 is 41.7 Å². The summed E-state index contributed by atoms with van der Waals surface area (Å²) in [5.41, 5.74) is 0. The zero-order chi connectivity index (χ0) is 16.2. The maximum atomic E-state index is 5.45. The van der Waals surface area contributed by atoms with Crippen LogP contribution < -0.4 is 10.6 Å². The van der Waals surface area contributed by atoms with Gasteiger partial charge in [-0.05, 0) is 5.92 Å². The minimum Gasteiger partial charge on any atom is -0.379 e. The molecule has 0 aliphatic carbocycles. The number of nitrogens with one attached hydrogen (secondary N) is 2. The lowest BCUT2D eigenvalue weighted by atomic mass is 10.0. The summed E-state index contributed by atoms with van der Waals surface area (Å²) in [6.45, 7) is 13.9. The minimum absolute atomic E-state index is 0. The average molecular weight is 456 g/mol. The third kappa shape index (κ3) is 9.79. The molecule has 0 spiro atoms. The van der Waals surface area contributed by atoms with Gasteiger partial charge in [0, 0.05) is 50.8 Å². The molecule has 136 valence electrons. The van der Waals surface area contributed by atoms with Crippen molar-refractivity contribution in [3.8, 4) is 0 Å².